The van der Waals surface area contributed by atoms with Crippen LogP contribution in [0.1, 0.15) is 16.7 Å². The molecule has 11 aromatic rings. The first-order valence-electron chi connectivity index (χ1n) is 27.6. The third-order valence-electron chi connectivity index (χ3n) is 13.7. The van der Waals surface area contributed by atoms with Crippen LogP contribution in [0.15, 0.2) is 334 Å². The minimum atomic E-state index is -6.09. The van der Waals surface area contributed by atoms with Gasteiger partial charge >= 0.3 is 152 Å². The van der Waals surface area contributed by atoms with E-state index in [4.69, 9.17) is 13.0 Å². The van der Waals surface area contributed by atoms with Crippen molar-refractivity contribution >= 4 is 92.9 Å². The predicted octanol–water partition coefficient (Wildman–Crippen LogP) is 15.7. The Bertz CT molecular complexity index is 3210. The van der Waals surface area contributed by atoms with E-state index in [0.717, 1.165) is 16.7 Å². The zero-order valence-electron chi connectivity index (χ0n) is 47.0. The Kier molecular flexibility index (Phi) is 27.2. The maximum Gasteiger partial charge on any atom is -0.0195 e. The molecule has 1 radical (unpaired) electrons. The summed E-state index contributed by atoms with van der Waals surface area (Å²) in [5.41, 5.74) is 0.640. The second-order valence-electron chi connectivity index (χ2n) is 19.2. The van der Waals surface area contributed by atoms with E-state index in [1.807, 2.05) is 18.2 Å². The molecule has 434 valence electrons. The van der Waals surface area contributed by atoms with Gasteiger partial charge < -0.3 is 4.55 Å². The molecule has 0 aliphatic rings. The van der Waals surface area contributed by atoms with Crippen molar-refractivity contribution in [3.8, 4) is 5.63 Å². The van der Waals surface area contributed by atoms with Crippen LogP contribution < -0.4 is 42.4 Å². The van der Waals surface area contributed by atoms with E-state index >= 15 is 0 Å². The van der Waals surface area contributed by atoms with Crippen molar-refractivity contribution < 1.29 is 45.6 Å². The van der Waals surface area contributed by atoms with Crippen LogP contribution in [0.3, 0.4) is 0 Å². The second kappa shape index (κ2) is 34.9. The molecule has 86 heavy (non-hydrogen) atoms. The van der Waals surface area contributed by atoms with Crippen LogP contribution >= 0.6 is 40.4 Å². The van der Waals surface area contributed by atoms with E-state index in [1.54, 1.807) is 0 Å². The zero-order valence-corrected chi connectivity index (χ0v) is 54.1. The van der Waals surface area contributed by atoms with Gasteiger partial charge in [-0.1, -0.05) is 243 Å². The summed E-state index contributed by atoms with van der Waals surface area (Å²) in [4.78, 5) is 0. The molecule has 0 aromatic heterocycles. The Labute approximate surface area is 526 Å². The summed E-state index contributed by atoms with van der Waals surface area (Å²) < 4.78 is 58.9. The number of rotatable bonds is 17. The van der Waals surface area contributed by atoms with E-state index in [-0.39, 0.29) is 51.2 Å². The van der Waals surface area contributed by atoms with Crippen LogP contribution in [0.5, 0.6) is 0 Å². The fourth-order valence-corrected chi connectivity index (χ4v) is 20.8. The molecule has 0 aliphatic heterocycles. The molecule has 0 N–H and O–H groups in total. The first-order valence-corrected chi connectivity index (χ1v) is 35.5. The molecular formula is C73H64F3O3P5RuS. The van der Waals surface area contributed by atoms with Gasteiger partial charge in [-0.2, -0.15) is 13.2 Å². The quantitative estimate of drug-likeness (QED) is 0.0300. The molecular weight excluding hydrogens is 1270 g/mol. The van der Waals surface area contributed by atoms with E-state index in [1.165, 1.54) is 67.1 Å². The standard InChI is InChI=1S/2C26H24P2.C20H15P.CHF3O3S.Ru.H/c2*1-5-13-23(14-6-1)27(24-15-7-2-8-16-24)21-22-28(25-17-9-3-10-18-25)26-19-11-4-12-20-26;21-16-20(17-10-4-1-5-11-17,18-12-6-2-7-13-18)19-14-8-3-9-15-19;2-1(3,4)8(5,6)7;;/h2*1-20H,21-22H2;1-15H;(H,5,6,7);;/q;;;;+1;/p-1. The van der Waals surface area contributed by atoms with Crippen molar-refractivity contribution in [3.05, 3.63) is 350 Å². The second-order valence-corrected chi connectivity index (χ2v) is 30.1. The van der Waals surface area contributed by atoms with Crippen LogP contribution in [-0.4, -0.2) is 43.1 Å². The number of halogens is 3. The van der Waals surface area contributed by atoms with E-state index in [9.17, 15) is 13.2 Å². The minimum Gasteiger partial charge on any atom is -0.0622 e. The van der Waals surface area contributed by atoms with Gasteiger partial charge in [-0.05, 0) is 98.8 Å². The summed E-state index contributed by atoms with van der Waals surface area (Å²) in [6.45, 7) is 0. The maximum absolute atomic E-state index is 10.7. The maximum atomic E-state index is 10.7. The van der Waals surface area contributed by atoms with Crippen LogP contribution in [-0.2, 0) is 35.0 Å². The molecule has 0 atom stereocenters. The Morgan fingerprint density at radius 3 is 0.547 bits per heavy atom. The first kappa shape index (κ1) is 67.2. The Hall–Kier alpha value is -6.33. The van der Waals surface area contributed by atoms with Gasteiger partial charge in [-0.3, -0.25) is 0 Å². The molecule has 0 spiro atoms. The van der Waals surface area contributed by atoms with Gasteiger partial charge in [0.05, 0.1) is 0 Å². The SMILES string of the molecule is O=S(=O)([O-])C(F)(F)F.P#CC(c1ccccc1)(c1ccccc1)c1ccccc1.[RuH+].c1ccc(P(CCP(c2ccccc2)c2ccccc2)c2ccccc2)cc1.c1ccc(P(CCP(c2ccccc2)c2ccccc2)c2ccccc2)cc1. The molecule has 0 saturated carbocycles. The summed E-state index contributed by atoms with van der Waals surface area (Å²) in [6.07, 6.45) is 4.83. The van der Waals surface area contributed by atoms with Crippen molar-refractivity contribution in [1.29, 1.82) is 0 Å². The summed E-state index contributed by atoms with van der Waals surface area (Å²) in [5.74, 6) is 0. The topological polar surface area (TPSA) is 57.2 Å². The van der Waals surface area contributed by atoms with Crippen LogP contribution in [0.25, 0.3) is 0 Å². The van der Waals surface area contributed by atoms with Gasteiger partial charge in [0.25, 0.3) is 0 Å². The number of hydrogen-bond acceptors (Lipinski definition) is 3. The minimum absolute atomic E-state index is 0. The van der Waals surface area contributed by atoms with Gasteiger partial charge in [0.1, 0.15) is 0 Å². The Morgan fingerprint density at radius 1 is 0.302 bits per heavy atom. The van der Waals surface area contributed by atoms with Crippen LogP contribution in [0.4, 0.5) is 13.2 Å². The number of hydrogen-bond donors (Lipinski definition) is 0. The molecule has 13 heteroatoms. The van der Waals surface area contributed by atoms with Crippen LogP contribution in [0.2, 0.25) is 0 Å². The third kappa shape index (κ3) is 19.3. The molecule has 0 amide bonds. The summed E-state index contributed by atoms with van der Waals surface area (Å²) in [5, 5.41) is 11.8. The fraction of sp³-hybridized carbons (Fsp3) is 0.0822. The van der Waals surface area contributed by atoms with Crippen molar-refractivity contribution in [2.45, 2.75) is 10.9 Å². The molecule has 0 heterocycles. The van der Waals surface area contributed by atoms with Crippen LogP contribution in [0, 0.1) is 5.63 Å². The molecule has 3 nitrogen and oxygen atoms in total. The Morgan fingerprint density at radius 2 is 0.430 bits per heavy atom. The molecule has 0 aliphatic carbocycles. The smallest absolute Gasteiger partial charge is 0.0195 e. The van der Waals surface area contributed by atoms with Gasteiger partial charge in [0.2, 0.25) is 0 Å². The van der Waals surface area contributed by atoms with Crippen molar-refractivity contribution in [2.75, 3.05) is 24.6 Å². The Balaban J connectivity index is 0.000000174. The van der Waals surface area contributed by atoms with Crippen molar-refractivity contribution in [1.82, 2.24) is 0 Å². The van der Waals surface area contributed by atoms with E-state index in [2.05, 4.69) is 330 Å². The molecule has 0 fully saturated rings. The van der Waals surface area contributed by atoms with Gasteiger partial charge in [0.15, 0.2) is 10.1 Å². The predicted molar refractivity (Wildman–Crippen MR) is 363 cm³/mol. The molecule has 0 unspecified atom stereocenters. The molecule has 0 bridgehead atoms. The summed E-state index contributed by atoms with van der Waals surface area (Å²) in [7, 11) is -3.00. The first-order chi connectivity index (χ1) is 41.5. The van der Waals surface area contributed by atoms with Crippen molar-refractivity contribution in [2.24, 2.45) is 0 Å². The monoisotopic (exact) mass is 1330 g/mol. The zero-order chi connectivity index (χ0) is 59.6. The molecule has 11 rings (SSSR count). The largest absolute Gasteiger partial charge is 0.0622 e. The van der Waals surface area contributed by atoms with Gasteiger partial charge in [-0.15, -0.1) is 0 Å². The van der Waals surface area contributed by atoms with Gasteiger partial charge in [0, 0.05) is 0 Å². The molecule has 11 aromatic carbocycles. The number of alkyl halides is 3. The average Bonchev–Trinajstić information content (AvgIpc) is 2.81. The summed E-state index contributed by atoms with van der Waals surface area (Å²) >= 11 is 0. The summed E-state index contributed by atoms with van der Waals surface area (Å²) in [6, 6.07) is 120. The average molecular weight is 1330 g/mol. The fourth-order valence-electron chi connectivity index (χ4n) is 9.65. The normalized spacial score (nSPS) is 11.2. The number of benzene rings is 11. The molecule has 0 saturated heterocycles. The van der Waals surface area contributed by atoms with E-state index in [0.29, 0.717) is 0 Å². The van der Waals surface area contributed by atoms with Gasteiger partial charge in [-0.25, -0.2) is 8.42 Å². The third-order valence-corrected chi connectivity index (χ3v) is 25.4. The van der Waals surface area contributed by atoms with Crippen molar-refractivity contribution in [3.63, 3.8) is 0 Å². The van der Waals surface area contributed by atoms with E-state index < -0.39 is 21.0 Å².